The van der Waals surface area contributed by atoms with E-state index in [1.165, 1.54) is 18.2 Å². The van der Waals surface area contributed by atoms with E-state index >= 15 is 0 Å². The van der Waals surface area contributed by atoms with Crippen molar-refractivity contribution < 1.29 is 35.9 Å². The average molecular weight is 445 g/mol. The summed E-state index contributed by atoms with van der Waals surface area (Å²) in [5.41, 5.74) is -4.31. The number of benzene rings is 2. The minimum atomic E-state index is -5.10. The maximum atomic E-state index is 12.8. The lowest BCUT2D eigenvalue weighted by Gasteiger charge is -2.15. The minimum Gasteiger partial charge on any atom is -0.318 e. The van der Waals surface area contributed by atoms with E-state index in [9.17, 15) is 35.9 Å². The van der Waals surface area contributed by atoms with E-state index in [1.807, 2.05) is 5.32 Å². The van der Waals surface area contributed by atoms with Gasteiger partial charge in [0.15, 0.2) is 0 Å². The molecule has 0 saturated heterocycles. The molecule has 0 aliphatic carbocycles. The first-order valence-electron chi connectivity index (χ1n) is 7.15. The van der Waals surface area contributed by atoms with Gasteiger partial charge in [0, 0.05) is 5.69 Å². The van der Waals surface area contributed by atoms with Crippen molar-refractivity contribution in [2.45, 2.75) is 12.4 Å². The summed E-state index contributed by atoms with van der Waals surface area (Å²) in [6, 6.07) is 4.54. The number of carbonyl (C=O) groups excluding carboxylic acids is 2. The molecule has 0 bridgehead atoms. The Hall–Kier alpha value is -2.46. The van der Waals surface area contributed by atoms with Gasteiger partial charge in [0.2, 0.25) is 0 Å². The van der Waals surface area contributed by atoms with Crippen LogP contribution in [-0.4, -0.2) is 11.8 Å². The zero-order valence-corrected chi connectivity index (χ0v) is 14.8. The quantitative estimate of drug-likeness (QED) is 0.467. The largest absolute Gasteiger partial charge is 0.416 e. The summed E-state index contributed by atoms with van der Waals surface area (Å²) >= 11 is 11.6. The van der Waals surface area contributed by atoms with Crippen molar-refractivity contribution in [3.63, 3.8) is 0 Å². The Morgan fingerprint density at radius 3 is 1.61 bits per heavy atom. The van der Waals surface area contributed by atoms with Gasteiger partial charge in [-0.3, -0.25) is 9.59 Å². The molecule has 0 heterocycles. The third kappa shape index (κ3) is 5.29. The summed E-state index contributed by atoms with van der Waals surface area (Å²) in [5, 5.41) is 3.65. The lowest BCUT2D eigenvalue weighted by molar-refractivity contribution is -0.143. The van der Waals surface area contributed by atoms with Crippen molar-refractivity contribution >= 4 is 46.4 Å². The van der Waals surface area contributed by atoms with Gasteiger partial charge in [-0.1, -0.05) is 29.3 Å². The number of hydrogen-bond acceptors (Lipinski definition) is 2. The van der Waals surface area contributed by atoms with Gasteiger partial charge in [0.1, 0.15) is 0 Å². The number of alkyl halides is 6. The predicted molar refractivity (Wildman–Crippen MR) is 90.2 cm³/mol. The second-order valence-corrected chi connectivity index (χ2v) is 6.11. The molecule has 0 radical (unpaired) electrons. The van der Waals surface area contributed by atoms with Crippen LogP contribution in [0.15, 0.2) is 36.4 Å². The van der Waals surface area contributed by atoms with Crippen LogP contribution in [0.4, 0.5) is 37.7 Å². The van der Waals surface area contributed by atoms with Crippen LogP contribution >= 0.6 is 23.2 Å². The summed E-state index contributed by atoms with van der Waals surface area (Å²) in [4.78, 5) is 23.8. The molecule has 0 unspecified atom stereocenters. The first-order chi connectivity index (χ1) is 12.8. The zero-order valence-electron chi connectivity index (χ0n) is 13.3. The van der Waals surface area contributed by atoms with Crippen molar-refractivity contribution in [2.24, 2.45) is 0 Å². The Morgan fingerprint density at radius 2 is 1.18 bits per heavy atom. The molecule has 12 heteroatoms. The van der Waals surface area contributed by atoms with Crippen molar-refractivity contribution in [1.29, 1.82) is 0 Å². The fourth-order valence-corrected chi connectivity index (χ4v) is 2.49. The molecular formula is C16H8Cl2F6N2O2. The minimum absolute atomic E-state index is 0.0351. The van der Waals surface area contributed by atoms with Gasteiger partial charge < -0.3 is 10.6 Å². The molecule has 0 fully saturated rings. The van der Waals surface area contributed by atoms with Crippen molar-refractivity contribution in [2.75, 3.05) is 10.6 Å². The van der Waals surface area contributed by atoms with Crippen LogP contribution in [0.3, 0.4) is 0 Å². The fraction of sp³-hybridized carbons (Fsp3) is 0.125. The van der Waals surface area contributed by atoms with Gasteiger partial charge in [0.05, 0.1) is 26.9 Å². The topological polar surface area (TPSA) is 58.2 Å². The molecule has 2 rings (SSSR count). The van der Waals surface area contributed by atoms with Crippen LogP contribution in [-0.2, 0) is 21.9 Å². The first kappa shape index (κ1) is 21.8. The Kier molecular flexibility index (Phi) is 6.15. The smallest absolute Gasteiger partial charge is 0.318 e. The van der Waals surface area contributed by atoms with Crippen LogP contribution in [0.1, 0.15) is 11.1 Å². The second kappa shape index (κ2) is 7.88. The SMILES string of the molecule is O=C(Nc1cc(C(F)(F)F)cc(C(F)(F)F)c1)C(=O)Nc1c(Cl)cccc1Cl. The summed E-state index contributed by atoms with van der Waals surface area (Å²) in [7, 11) is 0. The highest BCUT2D eigenvalue weighted by Gasteiger charge is 2.37. The first-order valence-corrected chi connectivity index (χ1v) is 7.90. The molecule has 150 valence electrons. The molecule has 0 aliphatic heterocycles. The Morgan fingerprint density at radius 1 is 0.750 bits per heavy atom. The molecule has 28 heavy (non-hydrogen) atoms. The fourth-order valence-electron chi connectivity index (χ4n) is 2.00. The highest BCUT2D eigenvalue weighted by molar-refractivity contribution is 6.46. The van der Waals surface area contributed by atoms with Crippen LogP contribution in [0.5, 0.6) is 0 Å². The molecule has 0 atom stereocenters. The van der Waals surface area contributed by atoms with Crippen molar-refractivity contribution in [3.8, 4) is 0 Å². The third-order valence-corrected chi connectivity index (χ3v) is 3.88. The van der Waals surface area contributed by atoms with Gasteiger partial charge in [0.25, 0.3) is 0 Å². The van der Waals surface area contributed by atoms with E-state index in [0.717, 1.165) is 0 Å². The van der Waals surface area contributed by atoms with E-state index in [1.54, 1.807) is 5.32 Å². The Balaban J connectivity index is 2.29. The summed E-state index contributed by atoms with van der Waals surface area (Å²) in [5.74, 6) is -2.93. The molecule has 4 nitrogen and oxygen atoms in total. The van der Waals surface area contributed by atoms with Gasteiger partial charge in [-0.25, -0.2) is 0 Å². The maximum absolute atomic E-state index is 12.8. The van der Waals surface area contributed by atoms with Crippen LogP contribution < -0.4 is 10.6 Å². The number of nitrogens with one attached hydrogen (secondary N) is 2. The molecule has 2 aromatic carbocycles. The number of carbonyl (C=O) groups is 2. The number of rotatable bonds is 2. The van der Waals surface area contributed by atoms with E-state index in [2.05, 4.69) is 0 Å². The second-order valence-electron chi connectivity index (χ2n) is 5.30. The molecule has 2 amide bonds. The van der Waals surface area contributed by atoms with Crippen LogP contribution in [0, 0.1) is 0 Å². The van der Waals surface area contributed by atoms with E-state index < -0.39 is 41.0 Å². The van der Waals surface area contributed by atoms with Crippen LogP contribution in [0.2, 0.25) is 10.0 Å². The molecular weight excluding hydrogens is 437 g/mol. The molecule has 0 saturated carbocycles. The highest BCUT2D eigenvalue weighted by atomic mass is 35.5. The maximum Gasteiger partial charge on any atom is 0.416 e. The number of anilines is 2. The molecule has 0 aliphatic rings. The highest BCUT2D eigenvalue weighted by Crippen LogP contribution is 2.37. The summed E-state index contributed by atoms with van der Waals surface area (Å²) < 4.78 is 76.9. The lowest BCUT2D eigenvalue weighted by Crippen LogP contribution is -2.29. The van der Waals surface area contributed by atoms with Gasteiger partial charge in [-0.05, 0) is 30.3 Å². The monoisotopic (exact) mass is 444 g/mol. The lowest BCUT2D eigenvalue weighted by atomic mass is 10.1. The van der Waals surface area contributed by atoms with E-state index in [4.69, 9.17) is 23.2 Å². The average Bonchev–Trinajstić information content (AvgIpc) is 2.56. The van der Waals surface area contributed by atoms with Crippen LogP contribution in [0.25, 0.3) is 0 Å². The van der Waals surface area contributed by atoms with E-state index in [0.29, 0.717) is 0 Å². The third-order valence-electron chi connectivity index (χ3n) is 3.25. The molecule has 2 aromatic rings. The van der Waals surface area contributed by atoms with Crippen molar-refractivity contribution in [3.05, 3.63) is 57.6 Å². The molecule has 0 aromatic heterocycles. The van der Waals surface area contributed by atoms with Gasteiger partial charge >= 0.3 is 24.2 Å². The predicted octanol–water partition coefficient (Wildman–Crippen LogP) is 5.61. The number of halogens is 8. The molecule has 0 spiro atoms. The molecule has 2 N–H and O–H groups in total. The standard InChI is InChI=1S/C16H8Cl2F6N2O2/c17-10-2-1-3-11(18)12(10)26-14(28)13(27)25-9-5-7(15(19,20)21)4-8(6-9)16(22,23)24/h1-6H,(H,25,27)(H,26,28). The van der Waals surface area contributed by atoms with Gasteiger partial charge in [-0.15, -0.1) is 0 Å². The van der Waals surface area contributed by atoms with Gasteiger partial charge in [-0.2, -0.15) is 26.3 Å². The number of hydrogen-bond donors (Lipinski definition) is 2. The van der Waals surface area contributed by atoms with Crippen molar-refractivity contribution in [1.82, 2.24) is 0 Å². The number of amides is 2. The van der Waals surface area contributed by atoms with E-state index in [-0.39, 0.29) is 33.9 Å². The normalized spacial score (nSPS) is 11.9. The Bertz CT molecular complexity index is 876. The zero-order chi connectivity index (χ0) is 21.3. The summed E-state index contributed by atoms with van der Waals surface area (Å²) in [6.07, 6.45) is -10.2. The summed E-state index contributed by atoms with van der Waals surface area (Å²) in [6.45, 7) is 0. The Labute approximate surface area is 163 Å². The number of para-hydroxylation sites is 1.